The number of ether oxygens (including phenoxy) is 1. The Morgan fingerprint density at radius 3 is 2.24 bits per heavy atom. The predicted molar refractivity (Wildman–Crippen MR) is 150 cm³/mol. The number of benzene rings is 3. The first-order valence-corrected chi connectivity index (χ1v) is 13.1. The van der Waals surface area contributed by atoms with E-state index < -0.39 is 11.6 Å². The summed E-state index contributed by atoms with van der Waals surface area (Å²) in [5.74, 6) is 0.476. The Morgan fingerprint density at radius 1 is 0.946 bits per heavy atom. The van der Waals surface area contributed by atoms with Crippen LogP contribution in [0.5, 0.6) is 5.75 Å². The minimum absolute atomic E-state index is 0.0760. The van der Waals surface area contributed by atoms with Gasteiger partial charge in [-0.25, -0.2) is 0 Å². The second kappa shape index (κ2) is 13.3. The van der Waals surface area contributed by atoms with Crippen LogP contribution in [0.4, 0.5) is 0 Å². The van der Waals surface area contributed by atoms with Crippen LogP contribution in [0.1, 0.15) is 50.3 Å². The molecule has 3 rings (SSSR count). The first kappa shape index (κ1) is 28.3. The van der Waals surface area contributed by atoms with E-state index in [-0.39, 0.29) is 18.2 Å². The van der Waals surface area contributed by atoms with Crippen LogP contribution in [-0.2, 0) is 22.6 Å². The number of nitrogens with one attached hydrogen (secondary N) is 1. The van der Waals surface area contributed by atoms with Crippen molar-refractivity contribution in [1.29, 1.82) is 0 Å². The van der Waals surface area contributed by atoms with Gasteiger partial charge in [0, 0.05) is 29.9 Å². The summed E-state index contributed by atoms with van der Waals surface area (Å²) in [6.45, 7) is 8.63. The van der Waals surface area contributed by atoms with Gasteiger partial charge in [-0.2, -0.15) is 0 Å². The van der Waals surface area contributed by atoms with Crippen LogP contribution >= 0.6 is 11.6 Å². The first-order chi connectivity index (χ1) is 17.6. The van der Waals surface area contributed by atoms with Crippen molar-refractivity contribution < 1.29 is 14.3 Å². The van der Waals surface area contributed by atoms with Crippen molar-refractivity contribution in [2.24, 2.45) is 0 Å². The van der Waals surface area contributed by atoms with E-state index in [0.29, 0.717) is 36.8 Å². The Kier molecular flexibility index (Phi) is 10.2. The molecule has 0 heterocycles. The Labute approximate surface area is 225 Å². The van der Waals surface area contributed by atoms with Crippen molar-refractivity contribution in [1.82, 2.24) is 10.2 Å². The zero-order valence-corrected chi connectivity index (χ0v) is 22.9. The van der Waals surface area contributed by atoms with Gasteiger partial charge in [-0.3, -0.25) is 9.59 Å². The lowest BCUT2D eigenvalue weighted by Crippen LogP contribution is -2.54. The number of hydrogen-bond acceptors (Lipinski definition) is 3. The summed E-state index contributed by atoms with van der Waals surface area (Å²) in [6.07, 6.45) is 1.24. The molecule has 0 saturated heterocycles. The third-order valence-electron chi connectivity index (χ3n) is 5.99. The topological polar surface area (TPSA) is 58.6 Å². The second-order valence-corrected chi connectivity index (χ2v) is 10.7. The van der Waals surface area contributed by atoms with Gasteiger partial charge in [0.05, 0.1) is 6.61 Å². The number of carbonyl (C=O) groups excluding carboxylic acids is 2. The van der Waals surface area contributed by atoms with Gasteiger partial charge in [0.1, 0.15) is 11.8 Å². The van der Waals surface area contributed by atoms with E-state index in [9.17, 15) is 9.59 Å². The quantitative estimate of drug-likeness (QED) is 0.299. The maximum absolute atomic E-state index is 13.7. The highest BCUT2D eigenvalue weighted by Crippen LogP contribution is 2.20. The fraction of sp³-hybridized carbons (Fsp3) is 0.355. The van der Waals surface area contributed by atoms with Crippen molar-refractivity contribution >= 4 is 23.4 Å². The minimum Gasteiger partial charge on any atom is -0.494 e. The summed E-state index contributed by atoms with van der Waals surface area (Å²) in [6, 6.07) is 24.3. The molecule has 2 amide bonds. The lowest BCUT2D eigenvalue weighted by atomic mass is 9.99. The zero-order chi connectivity index (χ0) is 26.8. The molecule has 0 bridgehead atoms. The van der Waals surface area contributed by atoms with Crippen molar-refractivity contribution in [3.8, 4) is 5.75 Å². The van der Waals surface area contributed by atoms with E-state index in [2.05, 4.69) is 5.32 Å². The summed E-state index contributed by atoms with van der Waals surface area (Å²) in [7, 11) is 0. The average molecular weight is 521 g/mol. The van der Waals surface area contributed by atoms with Gasteiger partial charge in [0.2, 0.25) is 11.8 Å². The number of aryl methyl sites for hydroxylation is 1. The molecule has 196 valence electrons. The van der Waals surface area contributed by atoms with Crippen LogP contribution < -0.4 is 10.1 Å². The predicted octanol–water partition coefficient (Wildman–Crippen LogP) is 6.36. The molecule has 0 aliphatic heterocycles. The lowest BCUT2D eigenvalue weighted by Gasteiger charge is -2.34. The van der Waals surface area contributed by atoms with Crippen LogP contribution in [0.25, 0.3) is 0 Å². The maximum Gasteiger partial charge on any atom is 0.243 e. The molecular weight excluding hydrogens is 484 g/mol. The molecule has 5 nitrogen and oxygen atoms in total. The standard InChI is InChI=1S/C31H37ClN2O3/c1-23-11-8-9-14-25(23)22-34(29(35)15-10-20-37-27-18-16-26(32)17-19-27)28(30(36)33-31(2,3)4)21-24-12-6-5-7-13-24/h5-9,11-14,16-19,28H,10,15,20-22H2,1-4H3,(H,33,36)/t28-/m1/s1. The highest BCUT2D eigenvalue weighted by atomic mass is 35.5. The normalized spacial score (nSPS) is 12.0. The molecule has 0 fully saturated rings. The molecule has 0 aromatic heterocycles. The van der Waals surface area contributed by atoms with E-state index in [1.165, 1.54) is 0 Å². The Morgan fingerprint density at radius 2 is 1.59 bits per heavy atom. The summed E-state index contributed by atoms with van der Waals surface area (Å²) in [5.41, 5.74) is 2.69. The van der Waals surface area contributed by atoms with E-state index in [4.69, 9.17) is 16.3 Å². The fourth-order valence-corrected chi connectivity index (χ4v) is 4.19. The number of halogens is 1. The van der Waals surface area contributed by atoms with E-state index >= 15 is 0 Å². The number of amides is 2. The number of carbonyl (C=O) groups is 2. The second-order valence-electron chi connectivity index (χ2n) is 10.3. The van der Waals surface area contributed by atoms with Crippen LogP contribution in [0.15, 0.2) is 78.9 Å². The van der Waals surface area contributed by atoms with Gasteiger partial charge >= 0.3 is 0 Å². The molecule has 1 N–H and O–H groups in total. The van der Waals surface area contributed by atoms with Crippen molar-refractivity contribution in [2.75, 3.05) is 6.61 Å². The largest absolute Gasteiger partial charge is 0.494 e. The van der Waals surface area contributed by atoms with Gasteiger partial charge in [0.25, 0.3) is 0 Å². The highest BCUT2D eigenvalue weighted by Gasteiger charge is 2.32. The molecular formula is C31H37ClN2O3. The number of hydrogen-bond donors (Lipinski definition) is 1. The van der Waals surface area contributed by atoms with E-state index in [0.717, 1.165) is 16.7 Å². The minimum atomic E-state index is -0.647. The van der Waals surface area contributed by atoms with E-state index in [1.807, 2.05) is 82.3 Å². The molecule has 0 unspecified atom stereocenters. The van der Waals surface area contributed by atoms with Crippen LogP contribution in [0.2, 0.25) is 5.02 Å². The number of nitrogens with zero attached hydrogens (tertiary/aromatic N) is 1. The van der Waals surface area contributed by atoms with Gasteiger partial charge < -0.3 is 15.0 Å². The van der Waals surface area contributed by atoms with Gasteiger partial charge in [-0.1, -0.05) is 66.2 Å². The number of rotatable bonds is 11. The van der Waals surface area contributed by atoms with Crippen molar-refractivity contribution in [2.45, 2.75) is 65.1 Å². The average Bonchev–Trinajstić information content (AvgIpc) is 2.85. The zero-order valence-electron chi connectivity index (χ0n) is 22.2. The molecule has 0 saturated carbocycles. The molecule has 0 aliphatic rings. The smallest absolute Gasteiger partial charge is 0.243 e. The molecule has 1 atom stereocenters. The van der Waals surface area contributed by atoms with Crippen LogP contribution in [0.3, 0.4) is 0 Å². The van der Waals surface area contributed by atoms with E-state index in [1.54, 1.807) is 29.2 Å². The Bertz CT molecular complexity index is 1160. The molecule has 3 aromatic carbocycles. The summed E-state index contributed by atoms with van der Waals surface area (Å²) in [5, 5.41) is 3.75. The summed E-state index contributed by atoms with van der Waals surface area (Å²) < 4.78 is 5.79. The maximum atomic E-state index is 13.7. The van der Waals surface area contributed by atoms with Gasteiger partial charge in [-0.05, 0) is 75.1 Å². The monoisotopic (exact) mass is 520 g/mol. The van der Waals surface area contributed by atoms with Crippen LogP contribution in [-0.4, -0.2) is 34.9 Å². The fourth-order valence-electron chi connectivity index (χ4n) is 4.07. The SMILES string of the molecule is Cc1ccccc1CN(C(=O)CCCOc1ccc(Cl)cc1)[C@H](Cc1ccccc1)C(=O)NC(C)(C)C. The molecule has 3 aromatic rings. The molecule has 0 spiro atoms. The Hall–Kier alpha value is -3.31. The summed E-state index contributed by atoms with van der Waals surface area (Å²) >= 11 is 5.94. The van der Waals surface area contributed by atoms with Crippen LogP contribution in [0, 0.1) is 6.92 Å². The Balaban J connectivity index is 1.81. The lowest BCUT2D eigenvalue weighted by molar-refractivity contribution is -0.142. The van der Waals surface area contributed by atoms with Gasteiger partial charge in [0.15, 0.2) is 0 Å². The highest BCUT2D eigenvalue weighted by molar-refractivity contribution is 6.30. The summed E-state index contributed by atoms with van der Waals surface area (Å²) in [4.78, 5) is 29.0. The van der Waals surface area contributed by atoms with Crippen molar-refractivity contribution in [3.05, 3.63) is 101 Å². The molecule has 6 heteroatoms. The molecule has 37 heavy (non-hydrogen) atoms. The molecule has 0 aliphatic carbocycles. The van der Waals surface area contributed by atoms with Crippen molar-refractivity contribution in [3.63, 3.8) is 0 Å². The first-order valence-electron chi connectivity index (χ1n) is 12.7. The molecule has 0 radical (unpaired) electrons. The van der Waals surface area contributed by atoms with Gasteiger partial charge in [-0.15, -0.1) is 0 Å². The third-order valence-corrected chi connectivity index (χ3v) is 6.24. The third kappa shape index (κ3) is 9.25.